The summed E-state index contributed by atoms with van der Waals surface area (Å²) >= 11 is 0. The number of aromatic nitrogens is 4. The SMILES string of the molecule is Cc1cc(C)n(CCNC(=O)c2nc(-c3ccc(F)cc3)no2)n1. The van der Waals surface area contributed by atoms with Gasteiger partial charge in [0.05, 0.1) is 12.2 Å². The maximum Gasteiger partial charge on any atom is 0.316 e. The minimum atomic E-state index is -0.461. The monoisotopic (exact) mass is 329 g/mol. The molecule has 2 aromatic heterocycles. The molecule has 0 radical (unpaired) electrons. The predicted molar refractivity (Wildman–Crippen MR) is 83.7 cm³/mol. The summed E-state index contributed by atoms with van der Waals surface area (Å²) in [6.45, 7) is 4.80. The lowest BCUT2D eigenvalue weighted by Crippen LogP contribution is -2.28. The Balaban J connectivity index is 1.59. The molecule has 0 bridgehead atoms. The number of amides is 1. The number of hydrogen-bond acceptors (Lipinski definition) is 5. The number of rotatable bonds is 5. The normalized spacial score (nSPS) is 10.8. The Morgan fingerprint density at radius 3 is 2.71 bits per heavy atom. The first kappa shape index (κ1) is 15.9. The Bertz CT molecular complexity index is 854. The maximum atomic E-state index is 12.9. The number of nitrogens with one attached hydrogen (secondary N) is 1. The van der Waals surface area contributed by atoms with Crippen molar-refractivity contribution in [2.24, 2.45) is 0 Å². The van der Waals surface area contributed by atoms with Crippen LogP contribution in [-0.2, 0) is 6.54 Å². The number of aryl methyl sites for hydroxylation is 2. The largest absolute Gasteiger partial charge is 0.346 e. The number of halogens is 1. The molecule has 0 aliphatic rings. The third-order valence-electron chi connectivity index (χ3n) is 3.44. The van der Waals surface area contributed by atoms with E-state index in [-0.39, 0.29) is 17.5 Å². The third-order valence-corrected chi connectivity index (χ3v) is 3.44. The van der Waals surface area contributed by atoms with E-state index in [2.05, 4.69) is 20.6 Å². The second-order valence-electron chi connectivity index (χ2n) is 5.34. The van der Waals surface area contributed by atoms with Gasteiger partial charge in [0.15, 0.2) is 0 Å². The van der Waals surface area contributed by atoms with Gasteiger partial charge in [0, 0.05) is 17.8 Å². The van der Waals surface area contributed by atoms with Crippen LogP contribution < -0.4 is 5.32 Å². The van der Waals surface area contributed by atoms with Gasteiger partial charge in [-0.1, -0.05) is 5.16 Å². The van der Waals surface area contributed by atoms with E-state index in [0.717, 1.165) is 11.4 Å². The van der Waals surface area contributed by atoms with E-state index in [4.69, 9.17) is 4.52 Å². The number of carbonyl (C=O) groups excluding carboxylic acids is 1. The highest BCUT2D eigenvalue weighted by Gasteiger charge is 2.16. The molecular weight excluding hydrogens is 313 g/mol. The summed E-state index contributed by atoms with van der Waals surface area (Å²) in [6.07, 6.45) is 0. The molecule has 8 heteroatoms. The first-order valence-corrected chi connectivity index (χ1v) is 7.42. The Kier molecular flexibility index (Phi) is 4.37. The molecule has 0 spiro atoms. The maximum absolute atomic E-state index is 12.9. The van der Waals surface area contributed by atoms with Crippen LogP contribution in [0.3, 0.4) is 0 Å². The smallest absolute Gasteiger partial charge is 0.316 e. The fourth-order valence-corrected chi connectivity index (χ4v) is 2.28. The molecule has 0 saturated carbocycles. The zero-order valence-electron chi connectivity index (χ0n) is 13.3. The minimum absolute atomic E-state index is 0.136. The lowest BCUT2D eigenvalue weighted by atomic mass is 10.2. The van der Waals surface area contributed by atoms with Crippen molar-refractivity contribution in [2.45, 2.75) is 20.4 Å². The van der Waals surface area contributed by atoms with E-state index in [1.54, 1.807) is 0 Å². The van der Waals surface area contributed by atoms with Gasteiger partial charge in [-0.25, -0.2) is 4.39 Å². The van der Waals surface area contributed by atoms with E-state index in [0.29, 0.717) is 18.7 Å². The van der Waals surface area contributed by atoms with Gasteiger partial charge in [-0.05, 0) is 44.2 Å². The summed E-state index contributed by atoms with van der Waals surface area (Å²) < 4.78 is 19.7. The van der Waals surface area contributed by atoms with Crippen molar-refractivity contribution < 1.29 is 13.7 Å². The Morgan fingerprint density at radius 1 is 1.29 bits per heavy atom. The molecule has 1 amide bonds. The van der Waals surface area contributed by atoms with Crippen molar-refractivity contribution in [3.8, 4) is 11.4 Å². The Labute approximate surface area is 137 Å². The van der Waals surface area contributed by atoms with Crippen LogP contribution in [0.4, 0.5) is 4.39 Å². The van der Waals surface area contributed by atoms with Crippen LogP contribution in [0.5, 0.6) is 0 Å². The lowest BCUT2D eigenvalue weighted by molar-refractivity contribution is 0.0908. The van der Waals surface area contributed by atoms with Crippen molar-refractivity contribution in [1.29, 1.82) is 0 Å². The fourth-order valence-electron chi connectivity index (χ4n) is 2.28. The Hall–Kier alpha value is -3.03. The summed E-state index contributed by atoms with van der Waals surface area (Å²) in [4.78, 5) is 16.0. The molecule has 0 fully saturated rings. The summed E-state index contributed by atoms with van der Waals surface area (Å²) in [7, 11) is 0. The van der Waals surface area contributed by atoms with Gasteiger partial charge in [0.1, 0.15) is 5.82 Å². The van der Waals surface area contributed by atoms with Gasteiger partial charge in [-0.3, -0.25) is 9.48 Å². The van der Waals surface area contributed by atoms with Crippen LogP contribution in [0.1, 0.15) is 22.1 Å². The van der Waals surface area contributed by atoms with Gasteiger partial charge in [0.25, 0.3) is 0 Å². The van der Waals surface area contributed by atoms with Gasteiger partial charge in [-0.2, -0.15) is 10.1 Å². The van der Waals surface area contributed by atoms with E-state index in [1.165, 1.54) is 24.3 Å². The van der Waals surface area contributed by atoms with Gasteiger partial charge >= 0.3 is 11.8 Å². The van der Waals surface area contributed by atoms with Crippen molar-refractivity contribution in [1.82, 2.24) is 25.2 Å². The zero-order chi connectivity index (χ0) is 17.1. The molecule has 3 rings (SSSR count). The molecular formula is C16H16FN5O2. The van der Waals surface area contributed by atoms with Crippen LogP contribution in [0.2, 0.25) is 0 Å². The molecule has 0 unspecified atom stereocenters. The molecule has 0 aliphatic heterocycles. The number of nitrogens with zero attached hydrogens (tertiary/aromatic N) is 4. The van der Waals surface area contributed by atoms with E-state index >= 15 is 0 Å². The Morgan fingerprint density at radius 2 is 2.04 bits per heavy atom. The number of benzene rings is 1. The van der Waals surface area contributed by atoms with Crippen LogP contribution in [0.15, 0.2) is 34.9 Å². The van der Waals surface area contributed by atoms with Crippen molar-refractivity contribution in [3.63, 3.8) is 0 Å². The second-order valence-corrected chi connectivity index (χ2v) is 5.34. The molecule has 124 valence electrons. The fraction of sp³-hybridized carbons (Fsp3) is 0.250. The van der Waals surface area contributed by atoms with Crippen LogP contribution in [0, 0.1) is 19.7 Å². The zero-order valence-corrected chi connectivity index (χ0v) is 13.3. The molecule has 0 aliphatic carbocycles. The quantitative estimate of drug-likeness (QED) is 0.775. The summed E-state index contributed by atoms with van der Waals surface area (Å²) in [5, 5.41) is 10.7. The van der Waals surface area contributed by atoms with Gasteiger partial charge < -0.3 is 9.84 Å². The predicted octanol–water partition coefficient (Wildman–Crippen LogP) is 2.12. The number of carbonyl (C=O) groups is 1. The summed E-state index contributed by atoms with van der Waals surface area (Å²) in [5.41, 5.74) is 2.53. The van der Waals surface area contributed by atoms with E-state index in [1.807, 2.05) is 24.6 Å². The van der Waals surface area contributed by atoms with Crippen LogP contribution in [0.25, 0.3) is 11.4 Å². The first-order valence-electron chi connectivity index (χ1n) is 7.42. The molecule has 7 nitrogen and oxygen atoms in total. The number of hydrogen-bond donors (Lipinski definition) is 1. The summed E-state index contributed by atoms with van der Waals surface area (Å²) in [5.74, 6) is -0.719. The van der Waals surface area contributed by atoms with Crippen molar-refractivity contribution in [2.75, 3.05) is 6.54 Å². The van der Waals surface area contributed by atoms with Crippen LogP contribution >= 0.6 is 0 Å². The van der Waals surface area contributed by atoms with Crippen molar-refractivity contribution >= 4 is 5.91 Å². The first-order chi connectivity index (χ1) is 11.5. The molecule has 24 heavy (non-hydrogen) atoms. The molecule has 1 aromatic carbocycles. The van der Waals surface area contributed by atoms with Gasteiger partial charge in [-0.15, -0.1) is 0 Å². The average Bonchev–Trinajstić information content (AvgIpc) is 3.15. The summed E-state index contributed by atoms with van der Waals surface area (Å²) in [6, 6.07) is 7.59. The average molecular weight is 329 g/mol. The molecule has 1 N–H and O–H groups in total. The third kappa shape index (κ3) is 3.48. The van der Waals surface area contributed by atoms with E-state index < -0.39 is 5.91 Å². The minimum Gasteiger partial charge on any atom is -0.346 e. The second kappa shape index (κ2) is 6.61. The highest BCUT2D eigenvalue weighted by molar-refractivity contribution is 5.89. The molecule has 0 saturated heterocycles. The lowest BCUT2D eigenvalue weighted by Gasteiger charge is -2.04. The molecule has 3 aromatic rings. The molecule has 0 atom stereocenters. The standard InChI is InChI=1S/C16H16FN5O2/c1-10-9-11(2)22(20-10)8-7-18-15(23)16-19-14(21-24-16)12-3-5-13(17)6-4-12/h3-6,9H,7-8H2,1-2H3,(H,18,23). The molecule has 2 heterocycles. The highest BCUT2D eigenvalue weighted by Crippen LogP contribution is 2.15. The van der Waals surface area contributed by atoms with Crippen molar-refractivity contribution in [3.05, 3.63) is 53.4 Å². The van der Waals surface area contributed by atoms with Crippen LogP contribution in [-0.4, -0.2) is 32.4 Å². The van der Waals surface area contributed by atoms with E-state index in [9.17, 15) is 9.18 Å². The van der Waals surface area contributed by atoms with Gasteiger partial charge in [0.2, 0.25) is 5.82 Å². The highest BCUT2D eigenvalue weighted by atomic mass is 19.1. The topological polar surface area (TPSA) is 85.8 Å².